The lowest BCUT2D eigenvalue weighted by Crippen LogP contribution is -2.06. The van der Waals surface area contributed by atoms with Crippen LogP contribution in [0.5, 0.6) is 0 Å². The molecule has 0 aromatic carbocycles. The van der Waals surface area contributed by atoms with Crippen LogP contribution in [0.25, 0.3) is 0 Å². The number of nitrogens with zero attached hydrogens (tertiary/aromatic N) is 3. The van der Waals surface area contributed by atoms with Crippen LogP contribution in [0.2, 0.25) is 10.4 Å². The molecule has 0 bridgehead atoms. The summed E-state index contributed by atoms with van der Waals surface area (Å²) < 4.78 is 0. The highest BCUT2D eigenvalue weighted by Gasteiger charge is 2.04. The lowest BCUT2D eigenvalue weighted by atomic mass is 10.2. The fraction of sp³-hybridized carbons (Fsp3) is 0.667. The molecule has 0 saturated carbocycles. The Morgan fingerprint density at radius 3 is 2.75 bits per heavy atom. The first kappa shape index (κ1) is 13.8. The molecule has 1 heterocycles. The number of hydrogen-bond donors (Lipinski definition) is 1. The Kier molecular flexibility index (Phi) is 6.84. The van der Waals surface area contributed by atoms with E-state index in [-0.39, 0.29) is 10.4 Å². The van der Waals surface area contributed by atoms with E-state index in [2.05, 4.69) is 26.8 Å². The third kappa shape index (κ3) is 5.18. The Morgan fingerprint density at radius 2 is 2.00 bits per heavy atom. The van der Waals surface area contributed by atoms with Crippen molar-refractivity contribution in [3.05, 3.63) is 10.4 Å². The molecule has 16 heavy (non-hydrogen) atoms. The number of halogens is 2. The Bertz CT molecular complexity index is 324. The van der Waals surface area contributed by atoms with Crippen molar-refractivity contribution in [1.29, 1.82) is 0 Å². The van der Waals surface area contributed by atoms with E-state index in [4.69, 9.17) is 23.2 Å². The van der Waals surface area contributed by atoms with E-state index < -0.39 is 0 Å². The first-order valence-electron chi connectivity index (χ1n) is 5.02. The first-order chi connectivity index (χ1) is 7.74. The van der Waals surface area contributed by atoms with Gasteiger partial charge in [-0.3, -0.25) is 0 Å². The van der Waals surface area contributed by atoms with Gasteiger partial charge in [0, 0.05) is 6.54 Å². The van der Waals surface area contributed by atoms with Gasteiger partial charge in [0.05, 0.1) is 0 Å². The van der Waals surface area contributed by atoms with Crippen molar-refractivity contribution >= 4 is 40.8 Å². The molecule has 0 spiro atoms. The topological polar surface area (TPSA) is 50.7 Å². The van der Waals surface area contributed by atoms with E-state index >= 15 is 0 Å². The van der Waals surface area contributed by atoms with Gasteiger partial charge in [0.2, 0.25) is 5.28 Å². The third-order valence-corrected chi connectivity index (χ3v) is 3.05. The van der Waals surface area contributed by atoms with Crippen molar-refractivity contribution in [1.82, 2.24) is 15.2 Å². The van der Waals surface area contributed by atoms with Crippen LogP contribution < -0.4 is 5.32 Å². The molecule has 90 valence electrons. The summed E-state index contributed by atoms with van der Waals surface area (Å²) in [5, 5.41) is 10.7. The van der Waals surface area contributed by atoms with Gasteiger partial charge < -0.3 is 5.32 Å². The maximum atomic E-state index is 5.80. The van der Waals surface area contributed by atoms with Gasteiger partial charge in [0.1, 0.15) is 0 Å². The van der Waals surface area contributed by atoms with E-state index in [1.54, 1.807) is 0 Å². The molecule has 0 radical (unpaired) electrons. The van der Waals surface area contributed by atoms with E-state index in [9.17, 15) is 0 Å². The van der Waals surface area contributed by atoms with Crippen LogP contribution in [0.15, 0.2) is 0 Å². The molecule has 0 amide bonds. The van der Waals surface area contributed by atoms with Crippen LogP contribution in [0.3, 0.4) is 0 Å². The molecular formula is C9H14Cl2N4S. The zero-order valence-electron chi connectivity index (χ0n) is 9.04. The molecule has 0 saturated heterocycles. The predicted molar refractivity (Wildman–Crippen MR) is 70.6 cm³/mol. The lowest BCUT2D eigenvalue weighted by Gasteiger charge is -2.05. The number of hydrogen-bond acceptors (Lipinski definition) is 5. The first-order valence-corrected chi connectivity index (χ1v) is 7.17. The quantitative estimate of drug-likeness (QED) is 0.778. The predicted octanol–water partition coefficient (Wildman–Crippen LogP) is 3.12. The number of nitrogens with one attached hydrogen (secondary N) is 1. The Balaban J connectivity index is 2.23. The summed E-state index contributed by atoms with van der Waals surface area (Å²) in [6.45, 7) is 0.823. The Labute approximate surface area is 110 Å². The second kappa shape index (κ2) is 7.92. The molecule has 0 aliphatic carbocycles. The van der Waals surface area contributed by atoms with Crippen molar-refractivity contribution < 1.29 is 0 Å². The highest BCUT2D eigenvalue weighted by atomic mass is 35.5. The Morgan fingerprint density at radius 1 is 1.19 bits per heavy atom. The molecule has 0 aliphatic heterocycles. The highest BCUT2D eigenvalue weighted by Crippen LogP contribution is 2.16. The summed E-state index contributed by atoms with van der Waals surface area (Å²) in [7, 11) is 0. The normalized spacial score (nSPS) is 10.4. The number of thioether (sulfide) groups is 1. The standard InChI is InChI=1S/C9H14Cl2N4S/c1-16-6-4-2-3-5-12-8-7(10)14-15-9(11)13-8/h2-6H2,1H3,(H,12,13,15). The second-order valence-electron chi connectivity index (χ2n) is 3.20. The minimum absolute atomic E-state index is 0.106. The fourth-order valence-electron chi connectivity index (χ4n) is 1.16. The maximum absolute atomic E-state index is 5.80. The van der Waals surface area contributed by atoms with Gasteiger partial charge in [-0.2, -0.15) is 16.7 Å². The van der Waals surface area contributed by atoms with Crippen LogP contribution in [-0.4, -0.2) is 33.7 Å². The van der Waals surface area contributed by atoms with Gasteiger partial charge in [-0.05, 0) is 36.5 Å². The average molecular weight is 281 g/mol. The lowest BCUT2D eigenvalue weighted by molar-refractivity contribution is 0.747. The molecule has 4 nitrogen and oxygen atoms in total. The fourth-order valence-corrected chi connectivity index (χ4v) is 1.92. The van der Waals surface area contributed by atoms with Crippen LogP contribution in [0.1, 0.15) is 19.3 Å². The molecule has 0 fully saturated rings. The Hall–Kier alpha value is -0.260. The summed E-state index contributed by atoms with van der Waals surface area (Å²) in [5.74, 6) is 1.72. The minimum atomic E-state index is 0.106. The van der Waals surface area contributed by atoms with Crippen molar-refractivity contribution in [2.75, 3.05) is 23.9 Å². The van der Waals surface area contributed by atoms with Gasteiger partial charge in [0.15, 0.2) is 11.0 Å². The van der Waals surface area contributed by atoms with Crippen molar-refractivity contribution in [2.45, 2.75) is 19.3 Å². The van der Waals surface area contributed by atoms with Crippen LogP contribution in [-0.2, 0) is 0 Å². The van der Waals surface area contributed by atoms with Crippen molar-refractivity contribution in [2.24, 2.45) is 0 Å². The molecule has 0 atom stereocenters. The summed E-state index contributed by atoms with van der Waals surface area (Å²) in [6, 6.07) is 0. The second-order valence-corrected chi connectivity index (χ2v) is 4.88. The SMILES string of the molecule is CSCCCCCNc1nc(Cl)nnc1Cl. The largest absolute Gasteiger partial charge is 0.367 e. The highest BCUT2D eigenvalue weighted by molar-refractivity contribution is 7.98. The molecule has 0 aliphatic rings. The number of rotatable bonds is 7. The van der Waals surface area contributed by atoms with E-state index in [0.717, 1.165) is 13.0 Å². The zero-order valence-corrected chi connectivity index (χ0v) is 11.4. The zero-order chi connectivity index (χ0) is 11.8. The van der Waals surface area contributed by atoms with E-state index in [1.165, 1.54) is 18.6 Å². The van der Waals surface area contributed by atoms with Gasteiger partial charge in [-0.15, -0.1) is 10.2 Å². The van der Waals surface area contributed by atoms with Crippen molar-refractivity contribution in [3.8, 4) is 0 Å². The maximum Gasteiger partial charge on any atom is 0.245 e. The summed E-state index contributed by atoms with van der Waals surface area (Å²) in [4.78, 5) is 3.95. The van der Waals surface area contributed by atoms with Crippen molar-refractivity contribution in [3.63, 3.8) is 0 Å². The molecule has 1 rings (SSSR count). The van der Waals surface area contributed by atoms with E-state index in [1.807, 2.05) is 11.8 Å². The summed E-state index contributed by atoms with van der Waals surface area (Å²) >= 11 is 13.3. The molecule has 0 unspecified atom stereocenters. The monoisotopic (exact) mass is 280 g/mol. The molecule has 1 aromatic rings. The molecular weight excluding hydrogens is 267 g/mol. The van der Waals surface area contributed by atoms with Crippen LogP contribution in [0.4, 0.5) is 5.82 Å². The summed E-state index contributed by atoms with van der Waals surface area (Å²) in [5.41, 5.74) is 0. The van der Waals surface area contributed by atoms with Crippen LogP contribution >= 0.6 is 35.0 Å². The van der Waals surface area contributed by atoms with Gasteiger partial charge in [-0.1, -0.05) is 18.0 Å². The third-order valence-electron chi connectivity index (χ3n) is 1.94. The number of unbranched alkanes of at least 4 members (excludes halogenated alkanes) is 2. The average Bonchev–Trinajstić information content (AvgIpc) is 2.28. The molecule has 1 N–H and O–H groups in total. The molecule has 7 heteroatoms. The minimum Gasteiger partial charge on any atom is -0.367 e. The molecule has 1 aromatic heterocycles. The van der Waals surface area contributed by atoms with E-state index in [0.29, 0.717) is 5.82 Å². The van der Waals surface area contributed by atoms with Gasteiger partial charge >= 0.3 is 0 Å². The van der Waals surface area contributed by atoms with Gasteiger partial charge in [-0.25, -0.2) is 0 Å². The van der Waals surface area contributed by atoms with Gasteiger partial charge in [0.25, 0.3) is 0 Å². The summed E-state index contributed by atoms with van der Waals surface area (Å²) in [6.07, 6.45) is 5.63. The number of anilines is 1. The smallest absolute Gasteiger partial charge is 0.245 e. The van der Waals surface area contributed by atoms with Crippen LogP contribution in [0, 0.1) is 0 Å². The number of aromatic nitrogens is 3.